The van der Waals surface area contributed by atoms with E-state index in [4.69, 9.17) is 42.9 Å². The molecule has 1 unspecified atom stereocenters. The molecule has 2 aromatic heterocycles. The highest BCUT2D eigenvalue weighted by atomic mass is 35.5. The number of nitrogens with one attached hydrogen (secondary N) is 1. The molecule has 0 spiro atoms. The van der Waals surface area contributed by atoms with Gasteiger partial charge in [-0.05, 0) is 43.7 Å². The molecular formula is C25H17Cl2N5O4. The first-order valence-corrected chi connectivity index (χ1v) is 11.4. The number of hydrogen-bond acceptors (Lipinski definition) is 8. The van der Waals surface area contributed by atoms with Crippen LogP contribution in [-0.4, -0.2) is 21.3 Å². The number of carbonyl (C=O) groups is 1. The zero-order valence-electron chi connectivity index (χ0n) is 18.9. The van der Waals surface area contributed by atoms with Gasteiger partial charge >= 0.3 is 5.97 Å². The Morgan fingerprint density at radius 3 is 2.53 bits per heavy atom. The molecule has 11 heteroatoms. The van der Waals surface area contributed by atoms with Crippen molar-refractivity contribution in [3.05, 3.63) is 92.1 Å². The molecule has 0 bridgehead atoms. The van der Waals surface area contributed by atoms with Crippen molar-refractivity contribution in [2.45, 2.75) is 19.8 Å². The number of benzene rings is 2. The average molecular weight is 522 g/mol. The summed E-state index contributed by atoms with van der Waals surface area (Å²) in [6, 6.07) is 13.8. The molecule has 0 aliphatic carbocycles. The topological polar surface area (TPSA) is 140 Å². The molecule has 180 valence electrons. The van der Waals surface area contributed by atoms with Crippen LogP contribution in [0.25, 0.3) is 11.3 Å². The molecule has 9 nitrogen and oxygen atoms in total. The zero-order chi connectivity index (χ0) is 25.6. The molecule has 3 N–H and O–H groups in total. The number of ether oxygens (including phenoxy) is 2. The lowest BCUT2D eigenvalue weighted by Gasteiger charge is -2.23. The van der Waals surface area contributed by atoms with Crippen molar-refractivity contribution >= 4 is 29.2 Å². The molecule has 36 heavy (non-hydrogen) atoms. The van der Waals surface area contributed by atoms with E-state index in [2.05, 4.69) is 21.4 Å². The van der Waals surface area contributed by atoms with Crippen molar-refractivity contribution in [2.75, 3.05) is 0 Å². The number of fused-ring (bicyclic) bond motifs is 1. The summed E-state index contributed by atoms with van der Waals surface area (Å²) in [5, 5.41) is 21.3. The first kappa shape index (κ1) is 23.5. The third kappa shape index (κ3) is 3.86. The minimum absolute atomic E-state index is 0.00861. The number of esters is 1. The van der Waals surface area contributed by atoms with Crippen molar-refractivity contribution in [3.8, 4) is 29.0 Å². The lowest BCUT2D eigenvalue weighted by atomic mass is 9.84. The summed E-state index contributed by atoms with van der Waals surface area (Å²) in [5.74, 6) is -0.340. The number of nitrogens with two attached hydrogens (primary N) is 1. The van der Waals surface area contributed by atoms with Gasteiger partial charge in [0.05, 0.1) is 16.0 Å². The van der Waals surface area contributed by atoms with Gasteiger partial charge in [0, 0.05) is 16.8 Å². The summed E-state index contributed by atoms with van der Waals surface area (Å²) in [6.45, 7) is 3.43. The van der Waals surface area contributed by atoms with Gasteiger partial charge in [-0.3, -0.25) is 5.10 Å². The van der Waals surface area contributed by atoms with E-state index in [-0.39, 0.29) is 34.2 Å². The van der Waals surface area contributed by atoms with Gasteiger partial charge in [0.1, 0.15) is 34.4 Å². The first-order chi connectivity index (χ1) is 17.3. The van der Waals surface area contributed by atoms with E-state index in [1.165, 1.54) is 0 Å². The Labute approximate surface area is 215 Å². The summed E-state index contributed by atoms with van der Waals surface area (Å²) in [5.41, 5.74) is 9.11. The zero-order valence-corrected chi connectivity index (χ0v) is 20.4. The van der Waals surface area contributed by atoms with Crippen molar-refractivity contribution < 1.29 is 18.8 Å². The van der Waals surface area contributed by atoms with Crippen LogP contribution < -0.4 is 15.2 Å². The van der Waals surface area contributed by atoms with Crippen molar-refractivity contribution in [3.63, 3.8) is 0 Å². The summed E-state index contributed by atoms with van der Waals surface area (Å²) >= 11 is 12.6. The van der Waals surface area contributed by atoms with Crippen LogP contribution in [0.4, 0.5) is 0 Å². The van der Waals surface area contributed by atoms with Gasteiger partial charge in [0.25, 0.3) is 0 Å². The fraction of sp³-hybridized carbons (Fsp3) is 0.120. The molecule has 2 aromatic carbocycles. The number of aromatic amines is 1. The number of hydrogen-bond donors (Lipinski definition) is 2. The standard InChI is InChI=1S/C25H17Cl2N5O4/c1-11-18-20(15(10-28)23(29)35-24(18)31-30-11)13-6-8-14(9-7-13)34-25(33)19-12(2)36-32-22(19)21-16(26)4-3-5-17(21)27/h3-9,20H,29H2,1-2H3,(H,30,31). The molecule has 1 aliphatic heterocycles. The van der Waals surface area contributed by atoms with Gasteiger partial charge in [0.2, 0.25) is 11.8 Å². The molecule has 0 saturated heterocycles. The van der Waals surface area contributed by atoms with Crippen LogP contribution in [-0.2, 0) is 0 Å². The predicted molar refractivity (Wildman–Crippen MR) is 131 cm³/mol. The van der Waals surface area contributed by atoms with Crippen LogP contribution in [0, 0.1) is 25.2 Å². The smallest absolute Gasteiger partial charge is 0.349 e. The molecule has 0 radical (unpaired) electrons. The van der Waals surface area contributed by atoms with Gasteiger partial charge in [-0.2, -0.15) is 5.26 Å². The van der Waals surface area contributed by atoms with Gasteiger partial charge in [-0.15, -0.1) is 5.10 Å². The van der Waals surface area contributed by atoms with Crippen LogP contribution in [0.3, 0.4) is 0 Å². The molecule has 4 aromatic rings. The van der Waals surface area contributed by atoms with Gasteiger partial charge in [0.15, 0.2) is 0 Å². The molecule has 3 heterocycles. The maximum Gasteiger partial charge on any atom is 0.349 e. The van der Waals surface area contributed by atoms with E-state index in [1.54, 1.807) is 49.4 Å². The SMILES string of the molecule is Cc1[nH]nc2c1C(c1ccc(OC(=O)c3c(-c4c(Cl)cccc4Cl)noc3C)cc1)C(C#N)=C(N)O2. The number of nitriles is 1. The van der Waals surface area contributed by atoms with E-state index in [1.807, 2.05) is 6.92 Å². The molecule has 0 amide bonds. The molecule has 5 rings (SSSR count). The Morgan fingerprint density at radius 2 is 1.86 bits per heavy atom. The number of allylic oxidation sites excluding steroid dienone is 1. The number of aryl methyl sites for hydroxylation is 2. The fourth-order valence-electron chi connectivity index (χ4n) is 4.13. The fourth-order valence-corrected chi connectivity index (χ4v) is 4.70. The second kappa shape index (κ2) is 9.07. The van der Waals surface area contributed by atoms with E-state index >= 15 is 0 Å². The maximum absolute atomic E-state index is 13.1. The van der Waals surface area contributed by atoms with E-state index < -0.39 is 11.9 Å². The van der Waals surface area contributed by atoms with Crippen molar-refractivity contribution in [1.82, 2.24) is 15.4 Å². The van der Waals surface area contributed by atoms with E-state index in [9.17, 15) is 10.1 Å². The Balaban J connectivity index is 1.46. The summed E-state index contributed by atoms with van der Waals surface area (Å²) in [7, 11) is 0. The van der Waals surface area contributed by atoms with Crippen molar-refractivity contribution in [2.24, 2.45) is 5.73 Å². The van der Waals surface area contributed by atoms with E-state index in [0.29, 0.717) is 27.1 Å². The minimum Gasteiger partial charge on any atom is -0.423 e. The summed E-state index contributed by atoms with van der Waals surface area (Å²) in [6.07, 6.45) is 0. The first-order valence-electron chi connectivity index (χ1n) is 10.6. The highest BCUT2D eigenvalue weighted by Crippen LogP contribution is 2.43. The number of H-pyrrole nitrogens is 1. The van der Waals surface area contributed by atoms with Crippen LogP contribution in [0.1, 0.15) is 38.9 Å². The number of aromatic nitrogens is 3. The van der Waals surface area contributed by atoms with Gasteiger partial charge in [-0.1, -0.05) is 46.6 Å². The quantitative estimate of drug-likeness (QED) is 0.267. The van der Waals surface area contributed by atoms with Crippen LogP contribution >= 0.6 is 23.2 Å². The second-order valence-electron chi connectivity index (χ2n) is 8.01. The largest absolute Gasteiger partial charge is 0.423 e. The predicted octanol–water partition coefficient (Wildman–Crippen LogP) is 5.43. The molecule has 1 aliphatic rings. The normalized spacial score (nSPS) is 14.7. The Hall–Kier alpha value is -4.26. The lowest BCUT2D eigenvalue weighted by Crippen LogP contribution is -2.21. The maximum atomic E-state index is 13.1. The average Bonchev–Trinajstić information content (AvgIpc) is 3.41. The Kier molecular flexibility index (Phi) is 5.92. The number of nitrogens with zero attached hydrogens (tertiary/aromatic N) is 3. The number of halogens is 2. The lowest BCUT2D eigenvalue weighted by molar-refractivity contribution is 0.0733. The van der Waals surface area contributed by atoms with Gasteiger partial charge < -0.3 is 19.7 Å². The molecular weight excluding hydrogens is 505 g/mol. The number of rotatable bonds is 4. The van der Waals surface area contributed by atoms with Gasteiger partial charge in [-0.25, -0.2) is 4.79 Å². The van der Waals surface area contributed by atoms with Crippen LogP contribution in [0.15, 0.2) is 58.4 Å². The Bertz CT molecular complexity index is 1560. The minimum atomic E-state index is -0.687. The molecule has 0 saturated carbocycles. The third-order valence-corrected chi connectivity index (χ3v) is 6.45. The van der Waals surface area contributed by atoms with E-state index in [0.717, 1.165) is 11.3 Å². The highest BCUT2D eigenvalue weighted by molar-refractivity contribution is 6.39. The highest BCUT2D eigenvalue weighted by Gasteiger charge is 2.34. The Morgan fingerprint density at radius 1 is 1.17 bits per heavy atom. The van der Waals surface area contributed by atoms with Crippen LogP contribution in [0.5, 0.6) is 11.6 Å². The summed E-state index contributed by atoms with van der Waals surface area (Å²) < 4.78 is 16.3. The summed E-state index contributed by atoms with van der Waals surface area (Å²) in [4.78, 5) is 13.1. The molecule has 0 fully saturated rings. The van der Waals surface area contributed by atoms with Crippen LogP contribution in [0.2, 0.25) is 10.0 Å². The second-order valence-corrected chi connectivity index (χ2v) is 8.82. The third-order valence-electron chi connectivity index (χ3n) is 5.82. The monoisotopic (exact) mass is 521 g/mol. The number of carbonyl (C=O) groups excluding carboxylic acids is 1. The van der Waals surface area contributed by atoms with Crippen molar-refractivity contribution in [1.29, 1.82) is 5.26 Å². The molecule has 1 atom stereocenters.